The number of rotatable bonds is 5. The summed E-state index contributed by atoms with van der Waals surface area (Å²) in [5, 5.41) is -0.166. The first-order valence-corrected chi connectivity index (χ1v) is 9.16. The molecule has 4 nitrogen and oxygen atoms in total. The molecule has 0 radical (unpaired) electrons. The van der Waals surface area contributed by atoms with Gasteiger partial charge in [0.15, 0.2) is 9.84 Å². The van der Waals surface area contributed by atoms with E-state index in [1.54, 1.807) is 48.5 Å². The molecule has 6 heteroatoms. The maximum atomic E-state index is 13.0. The van der Waals surface area contributed by atoms with Gasteiger partial charge in [-0.1, -0.05) is 41.9 Å². The van der Waals surface area contributed by atoms with Crippen LogP contribution in [0.3, 0.4) is 0 Å². The molecule has 0 spiro atoms. The average molecular weight is 352 g/mol. The SMILES string of the molecule is COC[C@@]1(N)[C@H](S(=O)(=O)c2ccccc2)[C@@H]1c1cccc(Cl)c1. The second kappa shape index (κ2) is 5.91. The Morgan fingerprint density at radius 1 is 1.17 bits per heavy atom. The molecule has 2 aromatic carbocycles. The van der Waals surface area contributed by atoms with Crippen LogP contribution in [0.4, 0.5) is 0 Å². The molecule has 1 aliphatic carbocycles. The second-order valence-electron chi connectivity index (χ2n) is 5.86. The number of methoxy groups -OCH3 is 1. The highest BCUT2D eigenvalue weighted by molar-refractivity contribution is 7.92. The molecule has 0 amide bonds. The third-order valence-corrected chi connectivity index (χ3v) is 6.85. The van der Waals surface area contributed by atoms with Gasteiger partial charge in [0.1, 0.15) is 0 Å². The van der Waals surface area contributed by atoms with E-state index in [-0.39, 0.29) is 17.4 Å². The standard InChI is InChI=1S/C17H18ClNO3S/c1-22-11-17(19)15(12-6-5-7-13(18)10-12)16(17)23(20,21)14-8-3-2-4-9-14/h2-10,15-16H,11,19H2,1H3/t15-,16+,17-/m0/s1. The van der Waals surface area contributed by atoms with E-state index in [0.29, 0.717) is 5.02 Å². The van der Waals surface area contributed by atoms with Crippen LogP contribution < -0.4 is 5.73 Å². The smallest absolute Gasteiger partial charge is 0.183 e. The van der Waals surface area contributed by atoms with Gasteiger partial charge in [-0.15, -0.1) is 0 Å². The van der Waals surface area contributed by atoms with E-state index in [4.69, 9.17) is 22.1 Å². The van der Waals surface area contributed by atoms with Gasteiger partial charge in [0.25, 0.3) is 0 Å². The van der Waals surface area contributed by atoms with Crippen molar-refractivity contribution >= 4 is 21.4 Å². The van der Waals surface area contributed by atoms with E-state index in [1.807, 2.05) is 6.07 Å². The topological polar surface area (TPSA) is 69.4 Å². The van der Waals surface area contributed by atoms with E-state index >= 15 is 0 Å². The Kier molecular flexibility index (Phi) is 4.23. The van der Waals surface area contributed by atoms with Crippen LogP contribution in [-0.4, -0.2) is 32.9 Å². The van der Waals surface area contributed by atoms with E-state index in [9.17, 15) is 8.42 Å². The first-order chi connectivity index (χ1) is 10.9. The van der Waals surface area contributed by atoms with Crippen molar-refractivity contribution in [3.63, 3.8) is 0 Å². The number of ether oxygens (including phenoxy) is 1. The molecular formula is C17H18ClNO3S. The fourth-order valence-corrected chi connectivity index (χ4v) is 5.77. The molecule has 3 rings (SSSR count). The molecule has 0 saturated heterocycles. The highest BCUT2D eigenvalue weighted by Gasteiger charge is 2.69. The largest absolute Gasteiger partial charge is 0.383 e. The van der Waals surface area contributed by atoms with Crippen LogP contribution in [0, 0.1) is 0 Å². The van der Waals surface area contributed by atoms with Crippen LogP contribution in [0.25, 0.3) is 0 Å². The summed E-state index contributed by atoms with van der Waals surface area (Å²) in [6.07, 6.45) is 0. The lowest BCUT2D eigenvalue weighted by atomic mass is 10.1. The summed E-state index contributed by atoms with van der Waals surface area (Å²) in [6, 6.07) is 15.6. The van der Waals surface area contributed by atoms with E-state index in [1.165, 1.54) is 7.11 Å². The number of sulfone groups is 1. The Balaban J connectivity index is 2.04. The molecule has 0 aliphatic heterocycles. The lowest BCUT2D eigenvalue weighted by Crippen LogP contribution is -2.35. The Morgan fingerprint density at radius 3 is 2.48 bits per heavy atom. The summed E-state index contributed by atoms with van der Waals surface area (Å²) in [5.74, 6) is -0.341. The molecular weight excluding hydrogens is 334 g/mol. The van der Waals surface area contributed by atoms with Gasteiger partial charge in [-0.25, -0.2) is 8.42 Å². The molecule has 23 heavy (non-hydrogen) atoms. The lowest BCUT2D eigenvalue weighted by Gasteiger charge is -2.11. The van der Waals surface area contributed by atoms with Gasteiger partial charge < -0.3 is 10.5 Å². The first kappa shape index (κ1) is 16.5. The molecule has 1 saturated carbocycles. The van der Waals surface area contributed by atoms with Crippen molar-refractivity contribution in [2.75, 3.05) is 13.7 Å². The maximum absolute atomic E-state index is 13.0. The third-order valence-electron chi connectivity index (χ3n) is 4.31. The number of hydrogen-bond donors (Lipinski definition) is 1. The van der Waals surface area contributed by atoms with Gasteiger partial charge in [-0.2, -0.15) is 0 Å². The zero-order valence-corrected chi connectivity index (χ0v) is 14.2. The van der Waals surface area contributed by atoms with Crippen LogP contribution in [0.1, 0.15) is 11.5 Å². The fourth-order valence-electron chi connectivity index (χ4n) is 3.25. The van der Waals surface area contributed by atoms with Crippen molar-refractivity contribution in [3.05, 3.63) is 65.2 Å². The van der Waals surface area contributed by atoms with Gasteiger partial charge in [-0.05, 0) is 29.8 Å². The molecule has 0 heterocycles. The molecule has 0 unspecified atom stereocenters. The molecule has 2 aromatic rings. The molecule has 1 aliphatic rings. The van der Waals surface area contributed by atoms with Crippen molar-refractivity contribution in [2.24, 2.45) is 5.73 Å². The third kappa shape index (κ3) is 2.78. The van der Waals surface area contributed by atoms with Crippen LogP contribution >= 0.6 is 11.6 Å². The number of halogens is 1. The zero-order chi connectivity index (χ0) is 16.7. The Morgan fingerprint density at radius 2 is 1.87 bits per heavy atom. The fraction of sp³-hybridized carbons (Fsp3) is 0.294. The molecule has 3 atom stereocenters. The Labute approximate surface area is 141 Å². The Hall–Kier alpha value is -1.40. The van der Waals surface area contributed by atoms with Crippen molar-refractivity contribution in [2.45, 2.75) is 21.6 Å². The van der Waals surface area contributed by atoms with Gasteiger partial charge >= 0.3 is 0 Å². The van der Waals surface area contributed by atoms with Crippen LogP contribution in [0.5, 0.6) is 0 Å². The monoisotopic (exact) mass is 351 g/mol. The molecule has 1 fully saturated rings. The summed E-state index contributed by atoms with van der Waals surface area (Å²) in [7, 11) is -2.03. The second-order valence-corrected chi connectivity index (χ2v) is 8.36. The highest BCUT2D eigenvalue weighted by atomic mass is 35.5. The lowest BCUT2D eigenvalue weighted by molar-refractivity contribution is 0.171. The number of nitrogens with two attached hydrogens (primary N) is 1. The maximum Gasteiger partial charge on any atom is 0.183 e. The first-order valence-electron chi connectivity index (χ1n) is 7.23. The number of benzene rings is 2. The Bertz CT molecular complexity index is 810. The van der Waals surface area contributed by atoms with E-state index in [2.05, 4.69) is 0 Å². The molecule has 0 bridgehead atoms. The minimum atomic E-state index is -3.55. The van der Waals surface area contributed by atoms with Gasteiger partial charge in [-0.3, -0.25) is 0 Å². The van der Waals surface area contributed by atoms with E-state index in [0.717, 1.165) is 5.56 Å². The summed E-state index contributed by atoms with van der Waals surface area (Å²) in [6.45, 7) is 0.168. The van der Waals surface area contributed by atoms with Crippen molar-refractivity contribution in [1.82, 2.24) is 0 Å². The quantitative estimate of drug-likeness (QED) is 0.899. The van der Waals surface area contributed by atoms with Crippen LogP contribution in [0.2, 0.25) is 5.02 Å². The molecule has 2 N–H and O–H groups in total. The van der Waals surface area contributed by atoms with Crippen LogP contribution in [0.15, 0.2) is 59.5 Å². The normalized spacial score (nSPS) is 26.9. The predicted molar refractivity (Wildman–Crippen MR) is 90.4 cm³/mol. The summed E-state index contributed by atoms with van der Waals surface area (Å²) < 4.78 is 31.2. The highest BCUT2D eigenvalue weighted by Crippen LogP contribution is 2.55. The summed E-state index contributed by atoms with van der Waals surface area (Å²) >= 11 is 6.04. The molecule has 0 aromatic heterocycles. The van der Waals surface area contributed by atoms with Crippen molar-refractivity contribution in [3.8, 4) is 0 Å². The predicted octanol–water partition coefficient (Wildman–Crippen LogP) is 2.62. The minimum absolute atomic E-state index is 0.168. The van der Waals surface area contributed by atoms with Gasteiger partial charge in [0.2, 0.25) is 0 Å². The zero-order valence-electron chi connectivity index (χ0n) is 12.6. The van der Waals surface area contributed by atoms with Gasteiger partial charge in [0.05, 0.1) is 22.3 Å². The molecule has 122 valence electrons. The van der Waals surface area contributed by atoms with Crippen molar-refractivity contribution in [1.29, 1.82) is 0 Å². The van der Waals surface area contributed by atoms with Crippen molar-refractivity contribution < 1.29 is 13.2 Å². The van der Waals surface area contributed by atoms with E-state index < -0.39 is 20.6 Å². The average Bonchev–Trinajstić information content (AvgIpc) is 3.15. The summed E-state index contributed by atoms with van der Waals surface area (Å²) in [4.78, 5) is 0.278. The minimum Gasteiger partial charge on any atom is -0.383 e. The number of hydrogen-bond acceptors (Lipinski definition) is 4. The van der Waals surface area contributed by atoms with Crippen LogP contribution in [-0.2, 0) is 14.6 Å². The summed E-state index contributed by atoms with van der Waals surface area (Å²) in [5.41, 5.74) is 6.27. The van der Waals surface area contributed by atoms with Gasteiger partial charge in [0, 0.05) is 18.1 Å².